The highest BCUT2D eigenvalue weighted by molar-refractivity contribution is 5.74. The van der Waals surface area contributed by atoms with Crippen LogP contribution in [-0.2, 0) is 0 Å². The van der Waals surface area contributed by atoms with Crippen LogP contribution in [0.5, 0.6) is 0 Å². The molecule has 1 aromatic rings. The second-order valence-corrected chi connectivity index (χ2v) is 5.27. The third kappa shape index (κ3) is 1.64. The van der Waals surface area contributed by atoms with Gasteiger partial charge in [0.05, 0.1) is 16.9 Å². The van der Waals surface area contributed by atoms with Gasteiger partial charge >= 0.3 is 0 Å². The lowest BCUT2D eigenvalue weighted by Gasteiger charge is -2.48. The van der Waals surface area contributed by atoms with Crippen LogP contribution in [0.25, 0.3) is 0 Å². The van der Waals surface area contributed by atoms with Crippen molar-refractivity contribution in [1.82, 2.24) is 0 Å². The van der Waals surface area contributed by atoms with E-state index in [1.807, 2.05) is 6.07 Å². The van der Waals surface area contributed by atoms with Gasteiger partial charge in [0.25, 0.3) is 0 Å². The van der Waals surface area contributed by atoms with Crippen LogP contribution in [0.2, 0.25) is 0 Å². The van der Waals surface area contributed by atoms with E-state index in [0.29, 0.717) is 5.69 Å². The molecule has 3 heteroatoms. The van der Waals surface area contributed by atoms with Crippen molar-refractivity contribution in [2.75, 3.05) is 16.8 Å². The first-order valence-corrected chi connectivity index (χ1v) is 5.75. The van der Waals surface area contributed by atoms with E-state index in [-0.39, 0.29) is 17.4 Å². The summed E-state index contributed by atoms with van der Waals surface area (Å²) in [6, 6.07) is 5.49. The third-order valence-corrected chi connectivity index (χ3v) is 3.11. The van der Waals surface area contributed by atoms with Crippen molar-refractivity contribution in [2.24, 2.45) is 0 Å². The molecule has 0 aromatic heterocycles. The monoisotopic (exact) mass is 222 g/mol. The van der Waals surface area contributed by atoms with Crippen molar-refractivity contribution < 1.29 is 4.39 Å². The van der Waals surface area contributed by atoms with Crippen LogP contribution in [0, 0.1) is 5.82 Å². The molecule has 0 aliphatic carbocycles. The Hall–Kier alpha value is -1.25. The maximum atomic E-state index is 13.9. The van der Waals surface area contributed by atoms with Crippen LogP contribution in [0.1, 0.15) is 27.7 Å². The lowest BCUT2D eigenvalue weighted by molar-refractivity contribution is 0.429. The van der Waals surface area contributed by atoms with E-state index in [1.54, 1.807) is 6.07 Å². The fourth-order valence-corrected chi connectivity index (χ4v) is 2.56. The molecule has 2 rings (SSSR count). The lowest BCUT2D eigenvalue weighted by atomic mass is 9.95. The Labute approximate surface area is 96.5 Å². The first-order chi connectivity index (χ1) is 7.43. The van der Waals surface area contributed by atoms with Gasteiger partial charge in [0.2, 0.25) is 0 Å². The average Bonchev–Trinajstić information content (AvgIpc) is 2.17. The summed E-state index contributed by atoms with van der Waals surface area (Å²) in [7, 11) is 0. The molecule has 1 aliphatic heterocycles. The normalized spacial score (nSPS) is 18.2. The molecule has 0 radical (unpaired) electrons. The predicted molar refractivity (Wildman–Crippen MR) is 66.6 cm³/mol. The van der Waals surface area contributed by atoms with Gasteiger partial charge in [0.15, 0.2) is 0 Å². The molecule has 0 saturated heterocycles. The number of hydrogen-bond acceptors (Lipinski definition) is 2. The summed E-state index contributed by atoms with van der Waals surface area (Å²) in [5.74, 6) is -0.147. The van der Waals surface area contributed by atoms with E-state index in [2.05, 4.69) is 37.9 Å². The number of rotatable bonds is 1. The fraction of sp³-hybridized carbons (Fsp3) is 0.538. The Balaban J connectivity index is 2.57. The van der Waals surface area contributed by atoms with Crippen LogP contribution in [-0.4, -0.2) is 18.1 Å². The minimum Gasteiger partial charge on any atom is -0.381 e. The van der Waals surface area contributed by atoms with Crippen molar-refractivity contribution in [3.05, 3.63) is 24.0 Å². The maximum Gasteiger partial charge on any atom is 0.148 e. The van der Waals surface area contributed by atoms with Gasteiger partial charge in [-0.25, -0.2) is 4.39 Å². The number of para-hydroxylation sites is 1. The Kier molecular flexibility index (Phi) is 2.56. The van der Waals surface area contributed by atoms with Crippen molar-refractivity contribution in [3.63, 3.8) is 0 Å². The van der Waals surface area contributed by atoms with Crippen molar-refractivity contribution in [3.8, 4) is 0 Å². The largest absolute Gasteiger partial charge is 0.381 e. The molecule has 1 heterocycles. The molecule has 0 atom stereocenters. The highest BCUT2D eigenvalue weighted by Gasteiger charge is 2.35. The number of halogens is 1. The summed E-state index contributed by atoms with van der Waals surface area (Å²) in [5, 5.41) is 3.30. The van der Waals surface area contributed by atoms with Gasteiger partial charge < -0.3 is 10.2 Å². The second kappa shape index (κ2) is 3.65. The third-order valence-electron chi connectivity index (χ3n) is 3.11. The Morgan fingerprint density at radius 1 is 1.38 bits per heavy atom. The zero-order chi connectivity index (χ0) is 11.9. The quantitative estimate of drug-likeness (QED) is 0.784. The lowest BCUT2D eigenvalue weighted by Crippen LogP contribution is -2.55. The van der Waals surface area contributed by atoms with Crippen LogP contribution in [0.4, 0.5) is 15.8 Å². The molecule has 88 valence electrons. The molecule has 0 fully saturated rings. The molecule has 0 unspecified atom stereocenters. The number of hydrogen-bond donors (Lipinski definition) is 1. The summed E-state index contributed by atoms with van der Waals surface area (Å²) in [6.07, 6.45) is 0. The van der Waals surface area contributed by atoms with Gasteiger partial charge in [0, 0.05) is 12.6 Å². The molecule has 0 amide bonds. The molecule has 0 spiro atoms. The van der Waals surface area contributed by atoms with E-state index in [1.165, 1.54) is 6.07 Å². The first kappa shape index (κ1) is 11.2. The van der Waals surface area contributed by atoms with Crippen molar-refractivity contribution in [1.29, 1.82) is 0 Å². The zero-order valence-corrected chi connectivity index (χ0v) is 10.3. The van der Waals surface area contributed by atoms with Gasteiger partial charge in [-0.1, -0.05) is 6.07 Å². The SMILES string of the molecule is CC(C)N1c2c(F)cccc2NCC1(C)C. The van der Waals surface area contributed by atoms with E-state index in [0.717, 1.165) is 12.2 Å². The van der Waals surface area contributed by atoms with Gasteiger partial charge in [-0.3, -0.25) is 0 Å². The summed E-state index contributed by atoms with van der Waals surface area (Å²) in [5.41, 5.74) is 1.53. The molecule has 1 N–H and O–H groups in total. The highest BCUT2D eigenvalue weighted by Crippen LogP contribution is 2.39. The summed E-state index contributed by atoms with van der Waals surface area (Å²) < 4.78 is 13.9. The van der Waals surface area contributed by atoms with Gasteiger partial charge in [-0.05, 0) is 39.8 Å². The van der Waals surface area contributed by atoms with Crippen molar-refractivity contribution >= 4 is 11.4 Å². The van der Waals surface area contributed by atoms with Gasteiger partial charge in [-0.15, -0.1) is 0 Å². The molecule has 16 heavy (non-hydrogen) atoms. The molecule has 0 saturated carbocycles. The van der Waals surface area contributed by atoms with E-state index < -0.39 is 0 Å². The van der Waals surface area contributed by atoms with Crippen LogP contribution in [0.3, 0.4) is 0 Å². The molecule has 1 aromatic carbocycles. The zero-order valence-electron chi connectivity index (χ0n) is 10.3. The number of nitrogens with one attached hydrogen (secondary N) is 1. The first-order valence-electron chi connectivity index (χ1n) is 5.75. The van der Waals surface area contributed by atoms with Crippen LogP contribution < -0.4 is 10.2 Å². The van der Waals surface area contributed by atoms with Gasteiger partial charge in [0.1, 0.15) is 5.82 Å². The number of anilines is 2. The predicted octanol–water partition coefficient (Wildman–Crippen LogP) is 3.24. The Morgan fingerprint density at radius 3 is 2.69 bits per heavy atom. The van der Waals surface area contributed by atoms with Gasteiger partial charge in [-0.2, -0.15) is 0 Å². The maximum absolute atomic E-state index is 13.9. The standard InChI is InChI=1S/C13H19FN2/c1-9(2)16-12-10(14)6-5-7-11(12)15-8-13(16,3)4/h5-7,9,15H,8H2,1-4H3. The van der Waals surface area contributed by atoms with Crippen LogP contribution in [0.15, 0.2) is 18.2 Å². The molecular formula is C13H19FN2. The summed E-state index contributed by atoms with van der Waals surface area (Å²) in [4.78, 5) is 2.16. The number of benzene rings is 1. The minimum absolute atomic E-state index is 0.0661. The number of fused-ring (bicyclic) bond motifs is 1. The average molecular weight is 222 g/mol. The smallest absolute Gasteiger partial charge is 0.148 e. The van der Waals surface area contributed by atoms with E-state index >= 15 is 0 Å². The van der Waals surface area contributed by atoms with E-state index in [9.17, 15) is 4.39 Å². The number of nitrogens with zero attached hydrogens (tertiary/aromatic N) is 1. The molecular weight excluding hydrogens is 203 g/mol. The Bertz CT molecular complexity index is 399. The van der Waals surface area contributed by atoms with Crippen LogP contribution >= 0.6 is 0 Å². The minimum atomic E-state index is -0.147. The molecule has 1 aliphatic rings. The Morgan fingerprint density at radius 2 is 2.06 bits per heavy atom. The van der Waals surface area contributed by atoms with E-state index in [4.69, 9.17) is 0 Å². The fourth-order valence-electron chi connectivity index (χ4n) is 2.56. The second-order valence-electron chi connectivity index (χ2n) is 5.27. The molecule has 2 nitrogen and oxygen atoms in total. The van der Waals surface area contributed by atoms with Crippen molar-refractivity contribution in [2.45, 2.75) is 39.3 Å². The highest BCUT2D eigenvalue weighted by atomic mass is 19.1. The molecule has 0 bridgehead atoms. The topological polar surface area (TPSA) is 15.3 Å². The summed E-state index contributed by atoms with van der Waals surface area (Å²) >= 11 is 0. The summed E-state index contributed by atoms with van der Waals surface area (Å²) in [6.45, 7) is 9.30.